The molecule has 2 N–H and O–H groups in total. The average Bonchev–Trinajstić information content (AvgIpc) is 3.24. The zero-order valence-corrected chi connectivity index (χ0v) is 14.2. The summed E-state index contributed by atoms with van der Waals surface area (Å²) in [4.78, 5) is 12.9. The van der Waals surface area contributed by atoms with Crippen molar-refractivity contribution in [2.24, 2.45) is 5.10 Å². The molecule has 0 saturated heterocycles. The molecule has 0 aliphatic rings. The third-order valence-electron chi connectivity index (χ3n) is 3.14. The van der Waals surface area contributed by atoms with Gasteiger partial charge in [0, 0.05) is 0 Å². The molecule has 0 aliphatic carbocycles. The first kappa shape index (κ1) is 16.2. The molecule has 3 aromatic rings. The molecule has 122 valence electrons. The van der Waals surface area contributed by atoms with Gasteiger partial charge < -0.3 is 4.74 Å². The lowest BCUT2D eigenvalue weighted by Gasteiger charge is -1.99. The number of hydrogen-bond acceptors (Lipinski definition) is 5. The van der Waals surface area contributed by atoms with E-state index >= 15 is 0 Å². The number of halogens is 1. The number of carbonyl (C=O) groups excluding carboxylic acids is 1. The molecule has 3 rings (SSSR count). The van der Waals surface area contributed by atoms with Gasteiger partial charge in [0.1, 0.15) is 5.75 Å². The SMILES string of the molecule is COc1ccc(C=NNC(=O)c2cc(-c3ccc(Cl)s3)[nH]n2)cc1. The van der Waals surface area contributed by atoms with Crippen LogP contribution < -0.4 is 10.2 Å². The maximum Gasteiger partial charge on any atom is 0.291 e. The first-order chi connectivity index (χ1) is 11.7. The van der Waals surface area contributed by atoms with Gasteiger partial charge in [0.15, 0.2) is 5.69 Å². The van der Waals surface area contributed by atoms with E-state index in [1.807, 2.05) is 30.3 Å². The summed E-state index contributed by atoms with van der Waals surface area (Å²) in [5.74, 6) is 0.360. The molecular weight excluding hydrogens is 348 g/mol. The van der Waals surface area contributed by atoms with E-state index in [2.05, 4.69) is 20.7 Å². The third kappa shape index (κ3) is 3.81. The first-order valence-electron chi connectivity index (χ1n) is 6.94. The van der Waals surface area contributed by atoms with Crippen LogP contribution in [0.1, 0.15) is 16.1 Å². The van der Waals surface area contributed by atoms with Gasteiger partial charge in [0.2, 0.25) is 0 Å². The summed E-state index contributed by atoms with van der Waals surface area (Å²) in [6.45, 7) is 0. The number of benzene rings is 1. The van der Waals surface area contributed by atoms with E-state index < -0.39 is 5.91 Å². The molecular formula is C16H13ClN4O2S. The summed E-state index contributed by atoms with van der Waals surface area (Å²) in [6, 6.07) is 12.6. The van der Waals surface area contributed by atoms with Crippen LogP contribution in [0.15, 0.2) is 47.6 Å². The summed E-state index contributed by atoms with van der Waals surface area (Å²) in [5.41, 5.74) is 4.26. The van der Waals surface area contributed by atoms with Crippen molar-refractivity contribution in [2.45, 2.75) is 0 Å². The molecule has 1 aromatic carbocycles. The number of amides is 1. The largest absolute Gasteiger partial charge is 0.497 e. The normalized spacial score (nSPS) is 10.9. The third-order valence-corrected chi connectivity index (χ3v) is 4.41. The van der Waals surface area contributed by atoms with Crippen molar-refractivity contribution in [1.29, 1.82) is 0 Å². The van der Waals surface area contributed by atoms with Gasteiger partial charge in [-0.1, -0.05) is 11.6 Å². The molecule has 0 bridgehead atoms. The van der Waals surface area contributed by atoms with Crippen LogP contribution in [-0.2, 0) is 0 Å². The number of aromatic nitrogens is 2. The predicted molar refractivity (Wildman–Crippen MR) is 95.0 cm³/mol. The number of thiophene rings is 1. The van der Waals surface area contributed by atoms with Crippen LogP contribution in [0.25, 0.3) is 10.6 Å². The van der Waals surface area contributed by atoms with Crippen molar-refractivity contribution in [1.82, 2.24) is 15.6 Å². The lowest BCUT2D eigenvalue weighted by molar-refractivity contribution is 0.0950. The Balaban J connectivity index is 1.62. The average molecular weight is 361 g/mol. The highest BCUT2D eigenvalue weighted by Gasteiger charge is 2.11. The van der Waals surface area contributed by atoms with Crippen LogP contribution >= 0.6 is 22.9 Å². The second-order valence-corrected chi connectivity index (χ2v) is 6.46. The quantitative estimate of drug-likeness (QED) is 0.539. The Morgan fingerprint density at radius 1 is 1.33 bits per heavy atom. The number of nitrogens with one attached hydrogen (secondary N) is 2. The van der Waals surface area contributed by atoms with Gasteiger partial charge in [0.25, 0.3) is 5.91 Å². The summed E-state index contributed by atoms with van der Waals surface area (Å²) >= 11 is 7.31. The Morgan fingerprint density at radius 2 is 2.12 bits per heavy atom. The molecule has 24 heavy (non-hydrogen) atoms. The van der Waals surface area contributed by atoms with Crippen molar-refractivity contribution in [2.75, 3.05) is 7.11 Å². The van der Waals surface area contributed by atoms with Crippen LogP contribution in [0.3, 0.4) is 0 Å². The number of ether oxygens (including phenoxy) is 1. The number of H-pyrrole nitrogens is 1. The molecule has 2 aromatic heterocycles. The van der Waals surface area contributed by atoms with Gasteiger partial charge in [-0.05, 0) is 48.0 Å². The smallest absolute Gasteiger partial charge is 0.291 e. The minimum absolute atomic E-state index is 0.251. The zero-order chi connectivity index (χ0) is 16.9. The van der Waals surface area contributed by atoms with Crippen LogP contribution in [0.2, 0.25) is 4.34 Å². The highest BCUT2D eigenvalue weighted by atomic mass is 35.5. The van der Waals surface area contributed by atoms with Crippen molar-refractivity contribution >= 4 is 35.1 Å². The maximum absolute atomic E-state index is 12.0. The van der Waals surface area contributed by atoms with Gasteiger partial charge in [-0.25, -0.2) is 5.43 Å². The molecule has 0 aliphatic heterocycles. The lowest BCUT2D eigenvalue weighted by atomic mass is 10.2. The van der Waals surface area contributed by atoms with Crippen LogP contribution in [0, 0.1) is 0 Å². The zero-order valence-electron chi connectivity index (χ0n) is 12.6. The fourth-order valence-corrected chi connectivity index (χ4v) is 2.95. The minimum Gasteiger partial charge on any atom is -0.497 e. The molecule has 0 atom stereocenters. The molecule has 0 saturated carbocycles. The van der Waals surface area contributed by atoms with E-state index in [1.165, 1.54) is 11.3 Å². The molecule has 6 nitrogen and oxygen atoms in total. The standard InChI is InChI=1S/C16H13ClN4O2S/c1-23-11-4-2-10(3-5-11)9-18-21-16(22)13-8-12(19-20-13)14-6-7-15(17)24-14/h2-9H,1H3,(H,19,20)(H,21,22). The highest BCUT2D eigenvalue weighted by molar-refractivity contribution is 7.19. The molecule has 8 heteroatoms. The number of hydrazone groups is 1. The van der Waals surface area contributed by atoms with Crippen molar-refractivity contribution in [3.63, 3.8) is 0 Å². The number of nitrogens with zero attached hydrogens (tertiary/aromatic N) is 2. The summed E-state index contributed by atoms with van der Waals surface area (Å²) in [5, 5.41) is 10.7. The van der Waals surface area contributed by atoms with E-state index in [-0.39, 0.29) is 5.69 Å². The summed E-state index contributed by atoms with van der Waals surface area (Å²) in [7, 11) is 1.60. The number of carbonyl (C=O) groups is 1. The Bertz CT molecular complexity index is 870. The van der Waals surface area contributed by atoms with Gasteiger partial charge in [-0.15, -0.1) is 11.3 Å². The van der Waals surface area contributed by atoms with Gasteiger partial charge in [-0.3, -0.25) is 9.89 Å². The molecule has 0 radical (unpaired) electrons. The summed E-state index contributed by atoms with van der Waals surface area (Å²) in [6.07, 6.45) is 1.55. The minimum atomic E-state index is -0.398. The fourth-order valence-electron chi connectivity index (χ4n) is 1.94. The monoisotopic (exact) mass is 360 g/mol. The second-order valence-electron chi connectivity index (χ2n) is 4.74. The van der Waals surface area contributed by atoms with Gasteiger partial charge in [-0.2, -0.15) is 10.2 Å². The van der Waals surface area contributed by atoms with Crippen LogP contribution in [0.5, 0.6) is 5.75 Å². The van der Waals surface area contributed by atoms with Gasteiger partial charge >= 0.3 is 0 Å². The predicted octanol–water partition coefficient (Wildman–Crippen LogP) is 3.56. The molecule has 0 spiro atoms. The summed E-state index contributed by atoms with van der Waals surface area (Å²) < 4.78 is 5.75. The topological polar surface area (TPSA) is 79.4 Å². The molecule has 1 amide bonds. The van der Waals surface area contributed by atoms with Crippen molar-refractivity contribution in [3.8, 4) is 16.3 Å². The maximum atomic E-state index is 12.0. The fraction of sp³-hybridized carbons (Fsp3) is 0.0625. The Labute approximate surface area is 147 Å². The molecule has 2 heterocycles. The van der Waals surface area contributed by atoms with Crippen LogP contribution in [-0.4, -0.2) is 29.4 Å². The van der Waals surface area contributed by atoms with E-state index in [9.17, 15) is 4.79 Å². The Morgan fingerprint density at radius 3 is 2.79 bits per heavy atom. The van der Waals surface area contributed by atoms with E-state index in [0.717, 1.165) is 21.9 Å². The molecule has 0 unspecified atom stereocenters. The number of hydrogen-bond donors (Lipinski definition) is 2. The number of aromatic amines is 1. The lowest BCUT2D eigenvalue weighted by Crippen LogP contribution is -2.17. The highest BCUT2D eigenvalue weighted by Crippen LogP contribution is 2.29. The number of methoxy groups -OCH3 is 1. The van der Waals surface area contributed by atoms with E-state index in [4.69, 9.17) is 16.3 Å². The Hall–Kier alpha value is -2.64. The van der Waals surface area contributed by atoms with Crippen molar-refractivity contribution < 1.29 is 9.53 Å². The van der Waals surface area contributed by atoms with E-state index in [0.29, 0.717) is 4.34 Å². The Kier molecular flexibility index (Phi) is 4.93. The number of rotatable bonds is 5. The van der Waals surface area contributed by atoms with Crippen molar-refractivity contribution in [3.05, 3.63) is 58.1 Å². The molecule has 0 fully saturated rings. The second kappa shape index (κ2) is 7.29. The first-order valence-corrected chi connectivity index (χ1v) is 8.14. The van der Waals surface area contributed by atoms with E-state index in [1.54, 1.807) is 25.5 Å². The van der Waals surface area contributed by atoms with Crippen LogP contribution in [0.4, 0.5) is 0 Å². The van der Waals surface area contributed by atoms with Gasteiger partial charge in [0.05, 0.1) is 28.2 Å².